The molecule has 0 spiro atoms. The van der Waals surface area contributed by atoms with Crippen molar-refractivity contribution in [1.82, 2.24) is 25.1 Å². The molecule has 4 rings (SSSR count). The Labute approximate surface area is 140 Å². The van der Waals surface area contributed by atoms with E-state index in [-0.39, 0.29) is 5.91 Å². The number of piperidine rings is 1. The third kappa shape index (κ3) is 2.91. The minimum atomic E-state index is 0.110. The van der Waals surface area contributed by atoms with Crippen LogP contribution >= 0.6 is 0 Å². The molecule has 24 heavy (non-hydrogen) atoms. The number of benzene rings is 1. The molecule has 0 unspecified atom stereocenters. The van der Waals surface area contributed by atoms with Crippen LogP contribution in [0.5, 0.6) is 0 Å². The van der Waals surface area contributed by atoms with E-state index in [4.69, 9.17) is 0 Å². The van der Waals surface area contributed by atoms with Gasteiger partial charge >= 0.3 is 0 Å². The van der Waals surface area contributed by atoms with Crippen LogP contribution in [0.1, 0.15) is 34.7 Å². The van der Waals surface area contributed by atoms with Gasteiger partial charge in [0.15, 0.2) is 0 Å². The van der Waals surface area contributed by atoms with Crippen molar-refractivity contribution in [3.05, 3.63) is 47.5 Å². The molecule has 1 aliphatic rings. The lowest BCUT2D eigenvalue weighted by molar-refractivity contribution is 0.0673. The van der Waals surface area contributed by atoms with Gasteiger partial charge in [0.05, 0.1) is 11.0 Å². The van der Waals surface area contributed by atoms with Crippen molar-refractivity contribution in [3.63, 3.8) is 0 Å². The third-order valence-electron chi connectivity index (χ3n) is 4.72. The number of H-pyrrole nitrogens is 2. The quantitative estimate of drug-likeness (QED) is 0.778. The highest BCUT2D eigenvalue weighted by atomic mass is 16.2. The van der Waals surface area contributed by atoms with E-state index in [9.17, 15) is 4.79 Å². The number of fused-ring (bicyclic) bond motifs is 1. The van der Waals surface area contributed by atoms with Gasteiger partial charge in [-0.1, -0.05) is 0 Å². The zero-order valence-electron chi connectivity index (χ0n) is 13.7. The Morgan fingerprint density at radius 3 is 3.12 bits per heavy atom. The fraction of sp³-hybridized carbons (Fsp3) is 0.389. The summed E-state index contributed by atoms with van der Waals surface area (Å²) in [6.07, 6.45) is 4.93. The van der Waals surface area contributed by atoms with Crippen LogP contribution < -0.4 is 0 Å². The number of nitrogens with zero attached hydrogens (tertiary/aromatic N) is 3. The Kier molecular flexibility index (Phi) is 3.80. The van der Waals surface area contributed by atoms with Crippen LogP contribution in [0.25, 0.3) is 11.0 Å². The van der Waals surface area contributed by atoms with Crippen LogP contribution in [-0.2, 0) is 6.42 Å². The first-order valence-electron chi connectivity index (χ1n) is 8.43. The summed E-state index contributed by atoms with van der Waals surface area (Å²) in [4.78, 5) is 22.4. The molecule has 1 aliphatic heterocycles. The first-order chi connectivity index (χ1) is 11.7. The predicted octanol–water partition coefficient (Wildman–Crippen LogP) is 2.69. The number of aromatic amines is 2. The van der Waals surface area contributed by atoms with E-state index in [2.05, 4.69) is 20.2 Å². The van der Waals surface area contributed by atoms with Crippen molar-refractivity contribution in [2.75, 3.05) is 13.1 Å². The number of hydrogen-bond acceptors (Lipinski definition) is 3. The highest BCUT2D eigenvalue weighted by molar-refractivity contribution is 5.97. The Morgan fingerprint density at radius 2 is 2.29 bits per heavy atom. The maximum absolute atomic E-state index is 12.9. The van der Waals surface area contributed by atoms with Crippen LogP contribution in [0.2, 0.25) is 0 Å². The molecule has 2 N–H and O–H groups in total. The van der Waals surface area contributed by atoms with E-state index in [1.807, 2.05) is 36.1 Å². The number of nitrogens with one attached hydrogen (secondary N) is 2. The summed E-state index contributed by atoms with van der Waals surface area (Å²) < 4.78 is 0. The van der Waals surface area contributed by atoms with Crippen molar-refractivity contribution >= 4 is 16.9 Å². The first-order valence-corrected chi connectivity index (χ1v) is 8.43. The zero-order valence-corrected chi connectivity index (χ0v) is 13.7. The predicted molar refractivity (Wildman–Crippen MR) is 91.7 cm³/mol. The Hall–Kier alpha value is -2.63. The lowest BCUT2D eigenvalue weighted by Gasteiger charge is -2.32. The van der Waals surface area contributed by atoms with Crippen molar-refractivity contribution < 1.29 is 4.79 Å². The number of hydrogen-bond donors (Lipinski definition) is 2. The van der Waals surface area contributed by atoms with Gasteiger partial charge < -0.3 is 9.88 Å². The summed E-state index contributed by atoms with van der Waals surface area (Å²) in [5.41, 5.74) is 3.70. The first kappa shape index (κ1) is 14.9. The summed E-state index contributed by atoms with van der Waals surface area (Å²) in [5, 5.41) is 7.02. The second-order valence-electron chi connectivity index (χ2n) is 6.60. The largest absolute Gasteiger partial charge is 0.342 e. The summed E-state index contributed by atoms with van der Waals surface area (Å²) >= 11 is 0. The fourth-order valence-electron chi connectivity index (χ4n) is 3.58. The third-order valence-corrected chi connectivity index (χ3v) is 4.72. The molecule has 1 atom stereocenters. The van der Waals surface area contributed by atoms with Gasteiger partial charge in [-0.2, -0.15) is 5.10 Å². The normalized spacial score (nSPS) is 18.2. The van der Waals surface area contributed by atoms with Gasteiger partial charge in [-0.25, -0.2) is 4.98 Å². The summed E-state index contributed by atoms with van der Waals surface area (Å²) in [6, 6.07) is 7.72. The number of carbonyl (C=O) groups is 1. The van der Waals surface area contributed by atoms with Gasteiger partial charge in [0.2, 0.25) is 0 Å². The second-order valence-corrected chi connectivity index (χ2v) is 6.60. The van der Waals surface area contributed by atoms with Crippen molar-refractivity contribution in [1.29, 1.82) is 0 Å². The molecule has 1 saturated heterocycles. The zero-order chi connectivity index (χ0) is 16.5. The van der Waals surface area contributed by atoms with Crippen molar-refractivity contribution in [2.24, 2.45) is 5.92 Å². The average Bonchev–Trinajstić information content (AvgIpc) is 3.22. The van der Waals surface area contributed by atoms with Gasteiger partial charge in [0.25, 0.3) is 5.91 Å². The minimum Gasteiger partial charge on any atom is -0.342 e. The maximum atomic E-state index is 12.9. The van der Waals surface area contributed by atoms with Gasteiger partial charge in [0.1, 0.15) is 5.82 Å². The number of aryl methyl sites for hydroxylation is 1. The number of carbonyl (C=O) groups excluding carboxylic acids is 1. The van der Waals surface area contributed by atoms with Crippen LogP contribution in [0, 0.1) is 12.8 Å². The molecular formula is C18H21N5O. The van der Waals surface area contributed by atoms with Crippen molar-refractivity contribution in [3.8, 4) is 0 Å². The van der Waals surface area contributed by atoms with Crippen LogP contribution in [0.4, 0.5) is 0 Å². The molecule has 0 aliphatic carbocycles. The van der Waals surface area contributed by atoms with Gasteiger partial charge in [-0.3, -0.25) is 9.89 Å². The summed E-state index contributed by atoms with van der Waals surface area (Å²) in [5.74, 6) is 1.46. The van der Waals surface area contributed by atoms with Gasteiger partial charge in [-0.15, -0.1) is 0 Å². The second kappa shape index (κ2) is 6.11. The molecule has 0 bridgehead atoms. The fourth-order valence-corrected chi connectivity index (χ4v) is 3.58. The van der Waals surface area contributed by atoms with E-state index < -0.39 is 0 Å². The topological polar surface area (TPSA) is 77.7 Å². The number of aromatic nitrogens is 4. The Balaban J connectivity index is 1.49. The molecule has 124 valence electrons. The molecule has 6 heteroatoms. The van der Waals surface area contributed by atoms with E-state index >= 15 is 0 Å². The lowest BCUT2D eigenvalue weighted by Crippen LogP contribution is -2.40. The van der Waals surface area contributed by atoms with E-state index in [1.54, 1.807) is 6.20 Å². The molecule has 3 aromatic rings. The van der Waals surface area contributed by atoms with Gasteiger partial charge in [-0.05, 0) is 56.4 Å². The summed E-state index contributed by atoms with van der Waals surface area (Å²) in [7, 11) is 0. The molecule has 1 amide bonds. The van der Waals surface area contributed by atoms with E-state index in [0.29, 0.717) is 5.92 Å². The Morgan fingerprint density at radius 1 is 1.38 bits per heavy atom. The highest BCUT2D eigenvalue weighted by Gasteiger charge is 2.25. The SMILES string of the molecule is Cc1nc2ccc(C(=O)N3CCC[C@H](Cc4ccn[nH]4)C3)cc2[nH]1. The molecule has 1 fully saturated rings. The number of imidazole rings is 1. The maximum Gasteiger partial charge on any atom is 0.253 e. The van der Waals surface area contributed by atoms with Crippen LogP contribution in [-0.4, -0.2) is 44.1 Å². The van der Waals surface area contributed by atoms with Crippen LogP contribution in [0.15, 0.2) is 30.5 Å². The molecule has 0 saturated carbocycles. The molecule has 1 aromatic carbocycles. The van der Waals surface area contributed by atoms with E-state index in [1.165, 1.54) is 0 Å². The molecular weight excluding hydrogens is 302 g/mol. The lowest BCUT2D eigenvalue weighted by atomic mass is 9.93. The van der Waals surface area contributed by atoms with E-state index in [0.717, 1.165) is 60.5 Å². The summed E-state index contributed by atoms with van der Waals surface area (Å²) in [6.45, 7) is 3.56. The molecule has 3 heterocycles. The minimum absolute atomic E-state index is 0.110. The van der Waals surface area contributed by atoms with Crippen LogP contribution in [0.3, 0.4) is 0 Å². The van der Waals surface area contributed by atoms with Gasteiger partial charge in [0, 0.05) is 30.5 Å². The standard InChI is InChI=1S/C18H21N5O/c1-12-20-16-5-4-14(10-17(16)21-12)18(24)23-8-2-3-13(11-23)9-15-6-7-19-22-15/h4-7,10,13H,2-3,8-9,11H2,1H3,(H,19,22)(H,20,21)/t13-/m1/s1. The molecule has 0 radical (unpaired) electrons. The Bertz CT molecular complexity index is 852. The average molecular weight is 323 g/mol. The number of likely N-dealkylation sites (tertiary alicyclic amines) is 1. The monoisotopic (exact) mass is 323 g/mol. The van der Waals surface area contributed by atoms with Crippen molar-refractivity contribution in [2.45, 2.75) is 26.2 Å². The smallest absolute Gasteiger partial charge is 0.253 e. The molecule has 6 nitrogen and oxygen atoms in total. The number of rotatable bonds is 3. The molecule has 2 aromatic heterocycles. The number of amides is 1. The highest BCUT2D eigenvalue weighted by Crippen LogP contribution is 2.22.